The minimum Gasteiger partial charge on any atom is -0.492 e. The second kappa shape index (κ2) is 8.46. The van der Waals surface area contributed by atoms with E-state index >= 15 is 0 Å². The maximum atomic E-state index is 13.1. The molecule has 3 aliphatic heterocycles. The van der Waals surface area contributed by atoms with Crippen molar-refractivity contribution in [3.63, 3.8) is 0 Å². The molecule has 8 heteroatoms. The average Bonchev–Trinajstić information content (AvgIpc) is 3.35. The highest BCUT2D eigenvalue weighted by molar-refractivity contribution is 6.04. The number of pyridine rings is 1. The molecule has 0 radical (unpaired) electrons. The number of methoxy groups -OCH3 is 1. The lowest BCUT2D eigenvalue weighted by molar-refractivity contribution is -0.111. The van der Waals surface area contributed by atoms with Crippen LogP contribution in [-0.2, 0) is 30.7 Å². The Morgan fingerprint density at radius 3 is 2.86 bits per heavy atom. The lowest BCUT2D eigenvalue weighted by atomic mass is 9.95. The molecule has 1 aromatic heterocycles. The van der Waals surface area contributed by atoms with Crippen LogP contribution in [0.2, 0.25) is 0 Å². The van der Waals surface area contributed by atoms with Crippen molar-refractivity contribution in [2.75, 3.05) is 32.8 Å². The summed E-state index contributed by atoms with van der Waals surface area (Å²) in [6.45, 7) is 2.30. The summed E-state index contributed by atoms with van der Waals surface area (Å²) in [5, 5.41) is 4.01. The quantitative estimate of drug-likeness (QED) is 0.586. The van der Waals surface area contributed by atoms with E-state index < -0.39 is 0 Å². The van der Waals surface area contributed by atoms with Crippen molar-refractivity contribution in [1.82, 2.24) is 9.47 Å². The molecule has 0 fully saturated rings. The molecule has 0 bridgehead atoms. The molecule has 4 heterocycles. The minimum atomic E-state index is -0.333. The van der Waals surface area contributed by atoms with Gasteiger partial charge in [-0.2, -0.15) is 0 Å². The number of ether oxygens (including phenoxy) is 3. The number of nitrogens with zero attached hydrogens (tertiary/aromatic N) is 2. The summed E-state index contributed by atoms with van der Waals surface area (Å²) in [6, 6.07) is 7.98. The van der Waals surface area contributed by atoms with E-state index in [4.69, 9.17) is 14.2 Å². The molecule has 35 heavy (non-hydrogen) atoms. The Kier molecular flexibility index (Phi) is 5.25. The zero-order valence-electron chi connectivity index (χ0n) is 19.8. The van der Waals surface area contributed by atoms with Crippen molar-refractivity contribution in [2.45, 2.75) is 32.4 Å². The van der Waals surface area contributed by atoms with Gasteiger partial charge in [0, 0.05) is 36.8 Å². The minimum absolute atomic E-state index is 0.0712. The number of hydrogen-bond donors (Lipinski definition) is 1. The number of anilines is 1. The van der Waals surface area contributed by atoms with Gasteiger partial charge in [-0.25, -0.2) is 0 Å². The lowest BCUT2D eigenvalue weighted by Gasteiger charge is -2.29. The predicted molar refractivity (Wildman–Crippen MR) is 133 cm³/mol. The highest BCUT2D eigenvalue weighted by Gasteiger charge is 2.33. The Morgan fingerprint density at radius 1 is 1.14 bits per heavy atom. The van der Waals surface area contributed by atoms with E-state index in [0.717, 1.165) is 47.8 Å². The molecule has 0 atom stereocenters. The summed E-state index contributed by atoms with van der Waals surface area (Å²) in [6.07, 6.45) is 5.67. The van der Waals surface area contributed by atoms with Crippen LogP contribution in [0.1, 0.15) is 28.7 Å². The normalized spacial score (nSPS) is 16.5. The number of benzene rings is 2. The number of nitrogens with one attached hydrogen (secondary N) is 1. The van der Waals surface area contributed by atoms with Gasteiger partial charge in [-0.1, -0.05) is 18.2 Å². The van der Waals surface area contributed by atoms with Crippen molar-refractivity contribution in [3.05, 3.63) is 62.9 Å². The number of amides is 1. The molecule has 2 aromatic carbocycles. The molecule has 8 nitrogen and oxygen atoms in total. The first-order chi connectivity index (χ1) is 17.0. The topological polar surface area (TPSA) is 82.0 Å². The molecule has 1 amide bonds. The summed E-state index contributed by atoms with van der Waals surface area (Å²) in [7, 11) is 3.66. The number of rotatable bonds is 4. The van der Waals surface area contributed by atoms with Crippen molar-refractivity contribution >= 4 is 28.6 Å². The number of fused-ring (bicyclic) bond motifs is 2. The summed E-state index contributed by atoms with van der Waals surface area (Å²) in [5.41, 5.74) is 5.23. The average molecular weight is 474 g/mol. The van der Waals surface area contributed by atoms with Crippen molar-refractivity contribution in [3.8, 4) is 17.2 Å². The Balaban J connectivity index is 1.35. The van der Waals surface area contributed by atoms with Gasteiger partial charge < -0.3 is 29.0 Å². The fourth-order valence-electron chi connectivity index (χ4n) is 5.47. The maximum Gasteiger partial charge on any atom is 0.258 e. The molecule has 0 saturated carbocycles. The Labute approximate surface area is 202 Å². The molecule has 1 N–H and O–H groups in total. The molecule has 0 aliphatic carbocycles. The second-order valence-electron chi connectivity index (χ2n) is 9.26. The number of carbonyl (C=O) groups excluding carboxylic acids is 1. The zero-order chi connectivity index (χ0) is 24.1. The Hall–Kier alpha value is -3.78. The van der Waals surface area contributed by atoms with E-state index in [1.807, 2.05) is 29.8 Å². The van der Waals surface area contributed by atoms with Crippen LogP contribution in [0.15, 0.2) is 35.1 Å². The van der Waals surface area contributed by atoms with Crippen LogP contribution in [0.3, 0.4) is 0 Å². The van der Waals surface area contributed by atoms with Crippen LogP contribution in [0.4, 0.5) is 5.69 Å². The van der Waals surface area contributed by atoms with Gasteiger partial charge in [0.05, 0.1) is 18.3 Å². The summed E-state index contributed by atoms with van der Waals surface area (Å²) in [4.78, 5) is 28.4. The van der Waals surface area contributed by atoms with Crippen molar-refractivity contribution in [2.24, 2.45) is 0 Å². The van der Waals surface area contributed by atoms with Gasteiger partial charge in [0.15, 0.2) is 11.5 Å². The largest absolute Gasteiger partial charge is 0.492 e. The van der Waals surface area contributed by atoms with E-state index in [2.05, 4.69) is 16.3 Å². The van der Waals surface area contributed by atoms with E-state index in [9.17, 15) is 9.59 Å². The van der Waals surface area contributed by atoms with Gasteiger partial charge in [-0.15, -0.1) is 0 Å². The second-order valence-corrected chi connectivity index (χ2v) is 9.26. The van der Waals surface area contributed by atoms with Crippen LogP contribution in [0.5, 0.6) is 17.2 Å². The van der Waals surface area contributed by atoms with Gasteiger partial charge in [0.1, 0.15) is 0 Å². The van der Waals surface area contributed by atoms with Crippen molar-refractivity contribution < 1.29 is 19.0 Å². The monoisotopic (exact) mass is 473 g/mol. The number of aryl methyl sites for hydroxylation is 2. The number of hydrogen-bond acceptors (Lipinski definition) is 6. The molecule has 3 aromatic rings. The third-order valence-electron chi connectivity index (χ3n) is 7.08. The molecule has 180 valence electrons. The SMILES string of the molecule is COc1c2c(c(NC(=O)C=Cc3cc4cccc5c4n(c3=O)CCC5)c3c1OCO3)CCN(C)C2. The first kappa shape index (κ1) is 21.7. The fourth-order valence-corrected chi connectivity index (χ4v) is 5.47. The maximum absolute atomic E-state index is 13.1. The molecule has 3 aliphatic rings. The molecule has 0 spiro atoms. The third-order valence-corrected chi connectivity index (χ3v) is 7.08. The number of aromatic nitrogens is 1. The number of likely N-dealkylation sites (N-methyl/N-ethyl adjacent to an activating group) is 1. The van der Waals surface area contributed by atoms with Crippen LogP contribution in [0, 0.1) is 0 Å². The van der Waals surface area contributed by atoms with Gasteiger partial charge >= 0.3 is 0 Å². The van der Waals surface area contributed by atoms with E-state index in [1.165, 1.54) is 11.6 Å². The van der Waals surface area contributed by atoms with Crippen LogP contribution in [0.25, 0.3) is 17.0 Å². The predicted octanol–water partition coefficient (Wildman–Crippen LogP) is 3.32. The standard InChI is InChI=1S/C27H27N3O5/c1-29-12-10-19-20(14-29)24(33-2)26-25(34-15-35-26)22(19)28-21(31)9-8-18-13-17-6-3-5-16-7-4-11-30(23(16)17)27(18)32/h3,5-6,8-9,13H,4,7,10-12,14-15H2,1-2H3,(H,28,31). The first-order valence-electron chi connectivity index (χ1n) is 11.9. The Morgan fingerprint density at radius 2 is 2.00 bits per heavy atom. The van der Waals surface area contributed by atoms with Gasteiger partial charge in [0.2, 0.25) is 18.4 Å². The fraction of sp³-hybridized carbons (Fsp3) is 0.333. The van der Waals surface area contributed by atoms with Gasteiger partial charge in [-0.3, -0.25) is 9.59 Å². The van der Waals surface area contributed by atoms with Crippen molar-refractivity contribution in [1.29, 1.82) is 0 Å². The van der Waals surface area contributed by atoms with Crippen LogP contribution < -0.4 is 25.1 Å². The first-order valence-corrected chi connectivity index (χ1v) is 11.9. The summed E-state index contributed by atoms with van der Waals surface area (Å²) in [5.74, 6) is 1.34. The molecule has 6 rings (SSSR count). The molecule has 0 saturated heterocycles. The molecule has 0 unspecified atom stereocenters. The van der Waals surface area contributed by atoms with E-state index in [-0.39, 0.29) is 18.3 Å². The van der Waals surface area contributed by atoms with E-state index in [0.29, 0.717) is 41.6 Å². The lowest BCUT2D eigenvalue weighted by Crippen LogP contribution is -2.28. The molecular weight excluding hydrogens is 446 g/mol. The highest BCUT2D eigenvalue weighted by Crippen LogP contribution is 2.52. The number of para-hydroxylation sites is 1. The van der Waals surface area contributed by atoms with Gasteiger partial charge in [0.25, 0.3) is 5.56 Å². The summed E-state index contributed by atoms with van der Waals surface area (Å²) >= 11 is 0. The van der Waals surface area contributed by atoms with E-state index in [1.54, 1.807) is 13.2 Å². The number of carbonyl (C=O) groups is 1. The smallest absolute Gasteiger partial charge is 0.258 e. The highest BCUT2D eigenvalue weighted by atomic mass is 16.7. The molecular formula is C27H27N3O5. The zero-order valence-corrected chi connectivity index (χ0v) is 19.8. The Bertz CT molecular complexity index is 1460. The van der Waals surface area contributed by atoms with Crippen LogP contribution in [-0.4, -0.2) is 42.9 Å². The van der Waals surface area contributed by atoms with Gasteiger partial charge in [-0.05, 0) is 55.0 Å². The van der Waals surface area contributed by atoms with Crippen LogP contribution >= 0.6 is 0 Å². The third kappa shape index (κ3) is 3.56. The summed E-state index contributed by atoms with van der Waals surface area (Å²) < 4.78 is 18.9.